The first-order valence-electron chi connectivity index (χ1n) is 46.0. The highest BCUT2D eigenvalue weighted by molar-refractivity contribution is 6.39. The third kappa shape index (κ3) is 31.2. The number of carbonyl (C=O) groups is 7. The van der Waals surface area contributed by atoms with E-state index >= 15 is 0 Å². The fraction of sp³-hybridized carbons (Fsp3) is 0.649. The molecule has 1 saturated carbocycles. The fourth-order valence-electron chi connectivity index (χ4n) is 17.2. The number of cyclic esters (lactones) is 1. The van der Waals surface area contributed by atoms with E-state index in [2.05, 4.69) is 37.7 Å². The van der Waals surface area contributed by atoms with Gasteiger partial charge in [-0.1, -0.05) is 82.4 Å². The Morgan fingerprint density at radius 1 is 0.679 bits per heavy atom. The summed E-state index contributed by atoms with van der Waals surface area (Å²) >= 11 is 0. The van der Waals surface area contributed by atoms with Crippen LogP contribution in [0.25, 0.3) is 33.4 Å². The van der Waals surface area contributed by atoms with E-state index in [4.69, 9.17) is 88.3 Å². The third-order valence-corrected chi connectivity index (χ3v) is 24.9. The fourth-order valence-corrected chi connectivity index (χ4v) is 17.2. The molecule has 2 aromatic carbocycles. The van der Waals surface area contributed by atoms with Crippen molar-refractivity contribution in [3.63, 3.8) is 0 Å². The molecule has 5 aliphatic rings. The number of rotatable bonds is 39. The molecule has 2 saturated heterocycles. The molecule has 5 aromatic rings. The SMILES string of the molecule is CO[C@H]1C[C@@H]2CC[C@@H](C)[C@@](O)(O2)C(=O)C(=O)N2CCCC[C@H]2C(=O)O[C@H]([C@H](N)C[C@@H]2CC[C@@H](OC(=O)NCCOCCOCCOCCOCCC(=O)NCCOCCOCCOCCOCCC(=O)N3CCc4cc(Cn5nc(-c6ccc7oc(N)nc7c6)c6c(N)ncnc65)ccc4C3)[C@H](OC)C2)C[C@@H](O)[C@H](C)/C=C(\C)[C@@H](O)[C@@H](O)C(=O)[C@H](C)C[C@H](C)/C=C/C=C/C=C/1C. The van der Waals surface area contributed by atoms with Gasteiger partial charge >= 0.3 is 12.1 Å². The van der Waals surface area contributed by atoms with Crippen LogP contribution >= 0.6 is 0 Å². The van der Waals surface area contributed by atoms with Crippen molar-refractivity contribution in [1.82, 2.24) is 45.2 Å². The van der Waals surface area contributed by atoms with Crippen LogP contribution in [0.15, 0.2) is 94.7 Å². The Hall–Kier alpha value is -9.13. The summed E-state index contributed by atoms with van der Waals surface area (Å²) in [5.41, 5.74) is 26.8. The highest BCUT2D eigenvalue weighted by atomic mass is 16.6. The van der Waals surface area contributed by atoms with Gasteiger partial charge in [-0.15, -0.1) is 0 Å². The monoisotopic (exact) mass is 1830 g/mol. The van der Waals surface area contributed by atoms with Crippen LogP contribution in [0.5, 0.6) is 0 Å². The lowest BCUT2D eigenvalue weighted by Crippen LogP contribution is -2.61. The number of nitrogens with one attached hydrogen (secondary N) is 2. The second kappa shape index (κ2) is 53.1. The number of benzene rings is 2. The maximum atomic E-state index is 14.7. The van der Waals surface area contributed by atoms with Crippen molar-refractivity contribution < 1.29 is 120 Å². The second-order valence-corrected chi connectivity index (χ2v) is 34.7. The molecular weight excluding hydrogens is 1700 g/mol. The van der Waals surface area contributed by atoms with Gasteiger partial charge in [0.25, 0.3) is 17.7 Å². The number of aliphatic hydroxyl groups is 4. The van der Waals surface area contributed by atoms with E-state index < -0.39 is 114 Å². The highest BCUT2D eigenvalue weighted by Crippen LogP contribution is 2.39. The molecule has 131 heavy (non-hydrogen) atoms. The molecule has 724 valence electrons. The lowest BCUT2D eigenvalue weighted by molar-refractivity contribution is -0.265. The molecule has 12 N–H and O–H groups in total. The van der Waals surface area contributed by atoms with Crippen LogP contribution < -0.4 is 27.8 Å². The Kier molecular flexibility index (Phi) is 42.1. The summed E-state index contributed by atoms with van der Waals surface area (Å²) in [6.07, 6.45) is 8.73. The summed E-state index contributed by atoms with van der Waals surface area (Å²) in [5.74, 6) is -8.35. The van der Waals surface area contributed by atoms with Crippen LogP contribution in [-0.2, 0) is 110 Å². The Bertz CT molecular complexity index is 4620. The molecule has 0 radical (unpaired) electrons. The predicted molar refractivity (Wildman–Crippen MR) is 483 cm³/mol. The lowest BCUT2D eigenvalue weighted by Gasteiger charge is -2.42. The molecule has 1 aliphatic carbocycles. The van der Waals surface area contributed by atoms with Gasteiger partial charge in [-0.3, -0.25) is 24.0 Å². The molecule has 2 bridgehead atoms. The van der Waals surface area contributed by atoms with Gasteiger partial charge in [-0.2, -0.15) is 10.1 Å². The second-order valence-electron chi connectivity index (χ2n) is 34.7. The summed E-state index contributed by atoms with van der Waals surface area (Å²) in [7, 11) is 3.07. The number of anilines is 2. The number of hydrogen-bond donors (Lipinski definition) is 9. The van der Waals surface area contributed by atoms with Crippen molar-refractivity contribution in [1.29, 1.82) is 0 Å². The first kappa shape index (κ1) is 104. The number of methoxy groups -OCH3 is 2. The number of alkyl carbamates (subject to hydrolysis) is 1. The summed E-state index contributed by atoms with van der Waals surface area (Å²) in [6.45, 7) is 17.5. The van der Waals surface area contributed by atoms with Crippen LogP contribution in [0, 0.1) is 29.6 Å². The first-order valence-corrected chi connectivity index (χ1v) is 46.0. The number of ketones is 2. The van der Waals surface area contributed by atoms with E-state index in [1.54, 1.807) is 46.9 Å². The minimum atomic E-state index is -2.50. The summed E-state index contributed by atoms with van der Waals surface area (Å²) < 4.78 is 82.2. The van der Waals surface area contributed by atoms with Crippen LogP contribution in [-0.4, -0.2) is 309 Å². The zero-order chi connectivity index (χ0) is 93.9. The number of hydrogen-bond acceptors (Lipinski definition) is 32. The predicted octanol–water partition coefficient (Wildman–Crippen LogP) is 6.52. The summed E-state index contributed by atoms with van der Waals surface area (Å²) in [5, 5.41) is 57.7. The smallest absolute Gasteiger partial charge is 0.407 e. The number of aromatic nitrogens is 5. The number of allylic oxidation sites excluding steroid dienone is 5. The quantitative estimate of drug-likeness (QED) is 0.00875. The van der Waals surface area contributed by atoms with Crippen molar-refractivity contribution in [2.24, 2.45) is 35.3 Å². The summed E-state index contributed by atoms with van der Waals surface area (Å²) in [6, 6.07) is 9.72. The number of esters is 1. The van der Waals surface area contributed by atoms with Crippen molar-refractivity contribution in [3.8, 4) is 11.3 Å². The molecular formula is C94H138N12O25. The van der Waals surface area contributed by atoms with E-state index in [0.29, 0.717) is 184 Å². The van der Waals surface area contributed by atoms with Crippen molar-refractivity contribution >= 4 is 75.3 Å². The number of oxazole rings is 1. The number of amides is 4. The Morgan fingerprint density at radius 3 is 2.04 bits per heavy atom. The maximum absolute atomic E-state index is 14.7. The molecule has 10 rings (SSSR count). The molecule has 0 unspecified atom stereocenters. The summed E-state index contributed by atoms with van der Waals surface area (Å²) in [4.78, 5) is 112. The molecule has 16 atom stereocenters. The minimum Gasteiger partial charge on any atom is -0.459 e. The minimum absolute atomic E-state index is 0.0109. The standard InChI is InChI=1S/C94H138N12O25/c1-59-14-10-9-11-15-60(2)77(118-7)54-70-22-17-64(6)94(117,131-70)87(113)90(114)105-30-13-12-16-73(105)91(115)128-78(55-74(107)61(3)49-63(5)85(111)86(112)84(110)62(4)48-59)71(95)51-65-19-23-76(79(52-65)119-8)130-93(116)99-29-35-123-39-43-127-46-44-124-40-36-120-32-26-80(108)98-28-34-122-38-42-126-47-45-125-41-37-121-33-27-81(109)104-31-25-67-50-66(18-20-69(67)57-104)56-106-89-82(88(96)100-58-101-89)83(103-106)68-21-24-75-72(53-68)102-92(97)129-75/h9-11,14-15,18,20-21,24,49-50,53,58-59,61-62,64-65,70-71,73-74,76-79,85-86,107,111-112,117H,12-13,16-17,19,22-23,25-48,51-52,54-57,95H2,1-8H3,(H2,97,102)(H,98,108)(H,99,116)(H2,96,100,101)/b11-9+,14-10+,60-15+,63-49+/t59-,61-,62-,64-,65+,70+,71-,73+,74-,76-,77+,78+,79-,85-,86+,94-/m1/s1. The normalized spacial score (nSPS) is 27.0. The van der Waals surface area contributed by atoms with E-state index in [1.165, 1.54) is 19.0 Å². The molecule has 3 fully saturated rings. The Morgan fingerprint density at radius 2 is 1.35 bits per heavy atom. The number of nitrogens with two attached hydrogens (primary N) is 3. The van der Waals surface area contributed by atoms with Crippen molar-refractivity contribution in [2.45, 2.75) is 218 Å². The van der Waals surface area contributed by atoms with Gasteiger partial charge in [0.1, 0.15) is 53.8 Å². The maximum Gasteiger partial charge on any atom is 0.407 e. The molecule has 3 aromatic heterocycles. The molecule has 0 spiro atoms. The van der Waals surface area contributed by atoms with Gasteiger partial charge in [0.05, 0.1) is 148 Å². The molecule has 4 aliphatic heterocycles. The molecule has 4 amide bonds. The van der Waals surface area contributed by atoms with E-state index in [9.17, 15) is 54.0 Å². The first-order chi connectivity index (χ1) is 63.1. The largest absolute Gasteiger partial charge is 0.459 e. The van der Waals surface area contributed by atoms with E-state index in [-0.39, 0.29) is 120 Å². The van der Waals surface area contributed by atoms with Gasteiger partial charge in [0.2, 0.25) is 17.6 Å². The number of nitrogens with zero attached hydrogens (tertiary/aromatic N) is 7. The zero-order valence-electron chi connectivity index (χ0n) is 77.1. The Labute approximate surface area is 765 Å². The van der Waals surface area contributed by atoms with Crippen LogP contribution in [0.4, 0.5) is 16.6 Å². The molecule has 37 nitrogen and oxygen atoms in total. The van der Waals surface area contributed by atoms with Gasteiger partial charge in [0.15, 0.2) is 17.0 Å². The van der Waals surface area contributed by atoms with Gasteiger partial charge in [-0.05, 0) is 142 Å². The number of fused-ring (bicyclic) bond motifs is 6. The number of Topliss-reactive ketones (excluding diaryl/α,β-unsaturated/α-hetero) is 2. The number of nitrogen functional groups attached to an aromatic ring is 2. The van der Waals surface area contributed by atoms with E-state index in [1.807, 2.05) is 72.0 Å². The van der Waals surface area contributed by atoms with Gasteiger partial charge in [-0.25, -0.2) is 24.2 Å². The highest BCUT2D eigenvalue weighted by Gasteiger charge is 2.53. The Balaban J connectivity index is 0.533. The number of aliphatic hydroxyl groups excluding tert-OH is 3. The van der Waals surface area contributed by atoms with Crippen LogP contribution in [0.1, 0.15) is 148 Å². The van der Waals surface area contributed by atoms with Gasteiger partial charge < -0.3 is 124 Å². The lowest BCUT2D eigenvalue weighted by atomic mass is 9.80. The topological polar surface area (TPSA) is 499 Å². The zero-order valence-corrected chi connectivity index (χ0v) is 77.1. The van der Waals surface area contributed by atoms with Crippen LogP contribution in [0.3, 0.4) is 0 Å². The van der Waals surface area contributed by atoms with Gasteiger partial charge in [0, 0.05) is 95.6 Å². The molecule has 7 heterocycles. The number of piperidine rings is 1. The van der Waals surface area contributed by atoms with Crippen molar-refractivity contribution in [3.05, 3.63) is 107 Å². The average molecular weight is 1840 g/mol. The molecule has 37 heteroatoms. The number of carbonyl (C=O) groups excluding carboxylic acids is 7. The van der Waals surface area contributed by atoms with E-state index in [0.717, 1.165) is 33.6 Å². The van der Waals surface area contributed by atoms with Crippen molar-refractivity contribution in [2.75, 3.05) is 158 Å². The third-order valence-electron chi connectivity index (χ3n) is 24.9. The van der Waals surface area contributed by atoms with Crippen LogP contribution in [0.2, 0.25) is 0 Å². The average Bonchev–Trinajstić information content (AvgIpc) is 1.33. The number of ether oxygens (including phenoxy) is 13.